The molecule has 4 rings (SSSR count). The van der Waals surface area contributed by atoms with Gasteiger partial charge in [-0.1, -0.05) is 34.7 Å². The second-order valence-corrected chi connectivity index (χ2v) is 9.09. The Hall–Kier alpha value is -2.80. The van der Waals surface area contributed by atoms with Crippen molar-refractivity contribution >= 4 is 17.7 Å². The summed E-state index contributed by atoms with van der Waals surface area (Å²) in [6, 6.07) is 13.8. The number of ether oxygens (including phenoxy) is 2. The summed E-state index contributed by atoms with van der Waals surface area (Å²) in [7, 11) is 0. The molecule has 0 amide bonds. The lowest BCUT2D eigenvalue weighted by atomic mass is 10.00. The van der Waals surface area contributed by atoms with Gasteiger partial charge in [-0.25, -0.2) is 9.48 Å². The lowest BCUT2D eigenvalue weighted by Crippen LogP contribution is -2.58. The number of aryl methyl sites for hydroxylation is 1. The molecule has 3 aromatic rings. The first-order valence-electron chi connectivity index (χ1n) is 10.6. The number of hydrogen-bond acceptors (Lipinski definition) is 9. The Balaban J connectivity index is 1.43. The monoisotopic (exact) mass is 487 g/mol. The summed E-state index contributed by atoms with van der Waals surface area (Å²) in [5.41, 5.74) is 1.56. The van der Waals surface area contributed by atoms with Gasteiger partial charge < -0.3 is 29.9 Å². The number of aromatic nitrogens is 3. The zero-order valence-corrected chi connectivity index (χ0v) is 19.1. The van der Waals surface area contributed by atoms with E-state index in [-0.39, 0.29) is 12.2 Å². The first-order chi connectivity index (χ1) is 16.4. The molecule has 11 heteroatoms. The van der Waals surface area contributed by atoms with Crippen molar-refractivity contribution in [2.75, 3.05) is 6.61 Å². The van der Waals surface area contributed by atoms with Crippen LogP contribution in [0.15, 0.2) is 59.6 Å². The Labute approximate surface area is 199 Å². The van der Waals surface area contributed by atoms with Crippen LogP contribution in [0.5, 0.6) is 0 Å². The van der Waals surface area contributed by atoms with E-state index in [1.807, 2.05) is 31.2 Å². The van der Waals surface area contributed by atoms with E-state index in [2.05, 4.69) is 10.3 Å². The first kappa shape index (κ1) is 24.3. The van der Waals surface area contributed by atoms with Crippen LogP contribution in [0.1, 0.15) is 21.6 Å². The largest absolute Gasteiger partial charge is 0.478 e. The van der Waals surface area contributed by atoms with Gasteiger partial charge in [0.25, 0.3) is 0 Å². The highest BCUT2D eigenvalue weighted by Gasteiger charge is 2.45. The van der Waals surface area contributed by atoms with E-state index in [4.69, 9.17) is 14.6 Å². The molecule has 4 N–H and O–H groups in total. The van der Waals surface area contributed by atoms with Crippen LogP contribution < -0.4 is 0 Å². The Morgan fingerprint density at radius 1 is 1.12 bits per heavy atom. The fraction of sp³-hybridized carbons (Fsp3) is 0.348. The summed E-state index contributed by atoms with van der Waals surface area (Å²) in [6.45, 7) is 1.50. The van der Waals surface area contributed by atoms with Crippen molar-refractivity contribution in [3.63, 3.8) is 0 Å². The molecule has 0 spiro atoms. The third-order valence-corrected chi connectivity index (χ3v) is 6.60. The molecule has 0 unspecified atom stereocenters. The van der Waals surface area contributed by atoms with Gasteiger partial charge >= 0.3 is 5.97 Å². The van der Waals surface area contributed by atoms with Crippen LogP contribution in [0, 0.1) is 6.92 Å². The molecule has 0 radical (unpaired) electrons. The molecule has 34 heavy (non-hydrogen) atoms. The van der Waals surface area contributed by atoms with Crippen molar-refractivity contribution in [1.82, 2.24) is 15.0 Å². The number of aliphatic hydroxyl groups is 3. The summed E-state index contributed by atoms with van der Waals surface area (Å²) in [6.07, 6.45) is -2.74. The van der Waals surface area contributed by atoms with Gasteiger partial charge in [-0.2, -0.15) is 0 Å². The second-order valence-electron chi connectivity index (χ2n) is 7.92. The molecule has 0 aliphatic carbocycles. The highest BCUT2D eigenvalue weighted by atomic mass is 32.2. The van der Waals surface area contributed by atoms with Crippen molar-refractivity contribution in [2.45, 2.75) is 48.3 Å². The minimum Gasteiger partial charge on any atom is -0.478 e. The number of rotatable bonds is 8. The van der Waals surface area contributed by atoms with E-state index in [0.717, 1.165) is 10.5 Å². The molecule has 10 nitrogen and oxygen atoms in total. The number of aliphatic hydroxyl groups excluding tert-OH is 3. The van der Waals surface area contributed by atoms with Crippen molar-refractivity contribution in [3.05, 3.63) is 71.5 Å². The highest BCUT2D eigenvalue weighted by molar-refractivity contribution is 7.99. The van der Waals surface area contributed by atoms with Crippen molar-refractivity contribution in [1.29, 1.82) is 0 Å². The quantitative estimate of drug-likeness (QED) is 0.367. The molecule has 5 atom stereocenters. The van der Waals surface area contributed by atoms with E-state index in [9.17, 15) is 20.1 Å². The normalized spacial score (nSPS) is 24.8. The fourth-order valence-corrected chi connectivity index (χ4v) is 4.58. The fourth-order valence-electron chi connectivity index (χ4n) is 3.53. The second kappa shape index (κ2) is 10.6. The Morgan fingerprint density at radius 2 is 1.82 bits per heavy atom. The maximum absolute atomic E-state index is 11.0. The smallest absolute Gasteiger partial charge is 0.335 e. The van der Waals surface area contributed by atoms with Gasteiger partial charge in [0.05, 0.1) is 30.7 Å². The summed E-state index contributed by atoms with van der Waals surface area (Å²) in [4.78, 5) is 11.9. The van der Waals surface area contributed by atoms with Crippen molar-refractivity contribution in [3.8, 4) is 5.69 Å². The Kier molecular flexibility index (Phi) is 7.61. The van der Waals surface area contributed by atoms with Crippen molar-refractivity contribution in [2.24, 2.45) is 0 Å². The third-order valence-electron chi connectivity index (χ3n) is 5.44. The standard InChI is InChI=1S/C23H25N3O7S/c1-13-2-8-17(9-3-13)34-23-20(29)21(19(28)18(11-27)33-23)32-12-15-10-26(25-24-15)16-6-4-14(5-7-16)22(30)31/h2-10,18-21,23,27-29H,11-12H2,1H3,(H,30,31)/t18-,19+,20-,21+,23+/m1/s1. The molecule has 180 valence electrons. The van der Waals surface area contributed by atoms with Crippen LogP contribution in [0.3, 0.4) is 0 Å². The van der Waals surface area contributed by atoms with Crippen LogP contribution >= 0.6 is 11.8 Å². The first-order valence-corrected chi connectivity index (χ1v) is 11.5. The van der Waals surface area contributed by atoms with Crippen LogP contribution in [-0.4, -0.2) is 77.8 Å². The lowest BCUT2D eigenvalue weighted by Gasteiger charge is -2.41. The van der Waals surface area contributed by atoms with E-state index in [1.165, 1.54) is 28.6 Å². The predicted molar refractivity (Wildman–Crippen MR) is 122 cm³/mol. The van der Waals surface area contributed by atoms with E-state index in [0.29, 0.717) is 11.4 Å². The van der Waals surface area contributed by atoms with Gasteiger partial charge in [0.1, 0.15) is 35.5 Å². The molecule has 1 aliphatic rings. The molecule has 2 heterocycles. The number of thioether (sulfide) groups is 1. The molecule has 1 aliphatic heterocycles. The average Bonchev–Trinajstić information content (AvgIpc) is 3.31. The van der Waals surface area contributed by atoms with E-state index < -0.39 is 42.4 Å². The van der Waals surface area contributed by atoms with Gasteiger partial charge in [0, 0.05) is 4.90 Å². The molecule has 0 saturated carbocycles. The van der Waals surface area contributed by atoms with E-state index in [1.54, 1.807) is 18.3 Å². The number of hydrogen-bond donors (Lipinski definition) is 4. The minimum atomic E-state index is -1.24. The summed E-state index contributed by atoms with van der Waals surface area (Å²) in [5, 5.41) is 48.2. The molecule has 2 aromatic carbocycles. The van der Waals surface area contributed by atoms with Crippen LogP contribution in [0.25, 0.3) is 5.69 Å². The summed E-state index contributed by atoms with van der Waals surface area (Å²) >= 11 is 1.28. The zero-order chi connectivity index (χ0) is 24.2. The molecule has 1 fully saturated rings. The Bertz CT molecular complexity index is 1110. The Morgan fingerprint density at radius 3 is 2.47 bits per heavy atom. The maximum atomic E-state index is 11.0. The maximum Gasteiger partial charge on any atom is 0.335 e. The summed E-state index contributed by atoms with van der Waals surface area (Å²) in [5.74, 6) is -1.02. The number of carbonyl (C=O) groups is 1. The summed E-state index contributed by atoms with van der Waals surface area (Å²) < 4.78 is 13.0. The van der Waals surface area contributed by atoms with Crippen LogP contribution in [0.4, 0.5) is 0 Å². The highest BCUT2D eigenvalue weighted by Crippen LogP contribution is 2.34. The van der Waals surface area contributed by atoms with Crippen LogP contribution in [0.2, 0.25) is 0 Å². The van der Waals surface area contributed by atoms with Gasteiger partial charge in [0.2, 0.25) is 0 Å². The number of carboxylic acid groups (broad SMARTS) is 1. The topological polar surface area (TPSA) is 147 Å². The molecule has 0 bridgehead atoms. The molecule has 1 aromatic heterocycles. The van der Waals surface area contributed by atoms with Gasteiger partial charge in [-0.3, -0.25) is 0 Å². The van der Waals surface area contributed by atoms with Gasteiger partial charge in [-0.15, -0.1) is 5.10 Å². The number of carboxylic acids is 1. The SMILES string of the molecule is Cc1ccc(S[C@@H]2O[C@H](CO)[C@H](O)[C@H](OCc3cn(-c4ccc(C(=O)O)cc4)nn3)[C@H]2O)cc1. The van der Waals surface area contributed by atoms with Crippen molar-refractivity contribution < 1.29 is 34.7 Å². The minimum absolute atomic E-state index is 0.0495. The number of nitrogens with zero attached hydrogens (tertiary/aromatic N) is 3. The molecule has 1 saturated heterocycles. The van der Waals surface area contributed by atoms with Crippen LogP contribution in [-0.2, 0) is 16.1 Å². The predicted octanol–water partition coefficient (Wildman–Crippen LogP) is 1.39. The third kappa shape index (κ3) is 5.46. The number of aromatic carboxylic acids is 1. The van der Waals surface area contributed by atoms with E-state index >= 15 is 0 Å². The molecular formula is C23H25N3O7S. The average molecular weight is 488 g/mol. The zero-order valence-electron chi connectivity index (χ0n) is 18.3. The number of benzene rings is 2. The molecular weight excluding hydrogens is 462 g/mol. The van der Waals surface area contributed by atoms with Gasteiger partial charge in [-0.05, 0) is 43.3 Å². The lowest BCUT2D eigenvalue weighted by molar-refractivity contribution is -0.223. The van der Waals surface area contributed by atoms with Gasteiger partial charge in [0.15, 0.2) is 0 Å².